The minimum Gasteiger partial charge on any atom is -0.478 e. The summed E-state index contributed by atoms with van der Waals surface area (Å²) in [5.74, 6) is 0.667. The lowest BCUT2D eigenvalue weighted by Crippen LogP contribution is -2.47. The fraction of sp³-hybridized carbons (Fsp3) is 0.278. The zero-order valence-corrected chi connectivity index (χ0v) is 16.1. The van der Waals surface area contributed by atoms with E-state index in [1.54, 1.807) is 44.2 Å². The molecule has 10 heteroatoms. The summed E-state index contributed by atoms with van der Waals surface area (Å²) >= 11 is 5.85. The molecule has 0 aliphatic heterocycles. The number of benzene rings is 1. The van der Waals surface area contributed by atoms with E-state index in [1.165, 1.54) is 28.1 Å². The predicted molar refractivity (Wildman–Crippen MR) is 103 cm³/mol. The van der Waals surface area contributed by atoms with E-state index < -0.39 is 5.60 Å². The molecule has 0 radical (unpaired) electrons. The zero-order valence-electron chi connectivity index (χ0n) is 15.4. The van der Waals surface area contributed by atoms with Gasteiger partial charge in [-0.15, -0.1) is 5.10 Å². The number of nitrogens with zero attached hydrogens (tertiary/aromatic N) is 5. The molecule has 0 bridgehead atoms. The molecule has 146 valence electrons. The standard InChI is InChI=1S/C18H19ClN6O3/c1-18(2,28-14-5-3-13(19)4-6-14)17(27)21-9-10-24-16(26)8-7-15(23-24)25-12-20-11-22-25/h3-8,11-12H,9-10H2,1-2H3,(H,21,27). The third-order valence-electron chi connectivity index (χ3n) is 3.85. The fourth-order valence-corrected chi connectivity index (χ4v) is 2.50. The smallest absolute Gasteiger partial charge is 0.266 e. The quantitative estimate of drug-likeness (QED) is 0.641. The van der Waals surface area contributed by atoms with Crippen LogP contribution < -0.4 is 15.6 Å². The number of rotatable bonds is 7. The van der Waals surface area contributed by atoms with E-state index >= 15 is 0 Å². The molecule has 0 fully saturated rings. The van der Waals surface area contributed by atoms with E-state index in [0.29, 0.717) is 16.6 Å². The van der Waals surface area contributed by atoms with Crippen LogP contribution >= 0.6 is 11.6 Å². The largest absolute Gasteiger partial charge is 0.478 e. The van der Waals surface area contributed by atoms with Crippen molar-refractivity contribution in [3.05, 3.63) is 64.4 Å². The van der Waals surface area contributed by atoms with Crippen LogP contribution in [0.4, 0.5) is 0 Å². The summed E-state index contributed by atoms with van der Waals surface area (Å²) in [6.07, 6.45) is 2.86. The normalized spacial score (nSPS) is 11.2. The molecule has 1 aromatic carbocycles. The van der Waals surface area contributed by atoms with Gasteiger partial charge in [0, 0.05) is 17.6 Å². The maximum absolute atomic E-state index is 12.5. The first-order valence-electron chi connectivity index (χ1n) is 8.51. The van der Waals surface area contributed by atoms with Crippen molar-refractivity contribution in [1.29, 1.82) is 0 Å². The Hall–Kier alpha value is -3.20. The van der Waals surface area contributed by atoms with Gasteiger partial charge < -0.3 is 10.1 Å². The van der Waals surface area contributed by atoms with Crippen molar-refractivity contribution in [1.82, 2.24) is 29.9 Å². The summed E-state index contributed by atoms with van der Waals surface area (Å²) in [5.41, 5.74) is -1.38. The molecule has 2 aromatic heterocycles. The molecule has 0 aliphatic carbocycles. The number of amides is 1. The fourth-order valence-electron chi connectivity index (χ4n) is 2.38. The SMILES string of the molecule is CC(C)(Oc1ccc(Cl)cc1)C(=O)NCCn1nc(-n2cncn2)ccc1=O. The molecule has 0 spiro atoms. The summed E-state index contributed by atoms with van der Waals surface area (Å²) in [4.78, 5) is 28.3. The number of halogens is 1. The summed E-state index contributed by atoms with van der Waals surface area (Å²) < 4.78 is 8.44. The van der Waals surface area contributed by atoms with E-state index in [0.717, 1.165) is 0 Å². The molecule has 2 heterocycles. The molecule has 0 unspecified atom stereocenters. The minimum absolute atomic E-state index is 0.199. The molecular weight excluding hydrogens is 384 g/mol. The van der Waals surface area contributed by atoms with Crippen LogP contribution in [0.5, 0.6) is 5.75 Å². The third kappa shape index (κ3) is 4.74. The van der Waals surface area contributed by atoms with E-state index in [1.807, 2.05) is 0 Å². The molecule has 1 N–H and O–H groups in total. The Morgan fingerprint density at radius 2 is 1.96 bits per heavy atom. The number of carbonyl (C=O) groups excluding carboxylic acids is 1. The van der Waals surface area contributed by atoms with Crippen LogP contribution in [0.2, 0.25) is 5.02 Å². The first-order valence-corrected chi connectivity index (χ1v) is 8.89. The number of aromatic nitrogens is 5. The summed E-state index contributed by atoms with van der Waals surface area (Å²) in [7, 11) is 0. The van der Waals surface area contributed by atoms with Crippen LogP contribution in [0, 0.1) is 0 Å². The van der Waals surface area contributed by atoms with Crippen molar-refractivity contribution in [2.75, 3.05) is 6.54 Å². The average molecular weight is 403 g/mol. The molecular formula is C18H19ClN6O3. The van der Waals surface area contributed by atoms with Crippen LogP contribution in [0.25, 0.3) is 5.82 Å². The highest BCUT2D eigenvalue weighted by molar-refractivity contribution is 6.30. The van der Waals surface area contributed by atoms with Gasteiger partial charge in [0.1, 0.15) is 18.4 Å². The Labute approximate surface area is 165 Å². The Bertz CT molecular complexity index is 999. The van der Waals surface area contributed by atoms with Gasteiger partial charge in [0.15, 0.2) is 11.4 Å². The van der Waals surface area contributed by atoms with Crippen LogP contribution in [0.15, 0.2) is 53.8 Å². The highest BCUT2D eigenvalue weighted by atomic mass is 35.5. The zero-order chi connectivity index (χ0) is 20.1. The van der Waals surface area contributed by atoms with Crippen molar-refractivity contribution < 1.29 is 9.53 Å². The first-order chi connectivity index (χ1) is 13.3. The van der Waals surface area contributed by atoms with Gasteiger partial charge >= 0.3 is 0 Å². The molecule has 9 nitrogen and oxygen atoms in total. The number of nitrogens with one attached hydrogen (secondary N) is 1. The lowest BCUT2D eigenvalue weighted by molar-refractivity contribution is -0.134. The van der Waals surface area contributed by atoms with Gasteiger partial charge in [0.25, 0.3) is 11.5 Å². The predicted octanol–water partition coefficient (Wildman–Crippen LogP) is 1.45. The molecule has 28 heavy (non-hydrogen) atoms. The Morgan fingerprint density at radius 1 is 1.21 bits per heavy atom. The second-order valence-electron chi connectivity index (χ2n) is 6.42. The van der Waals surface area contributed by atoms with Crippen molar-refractivity contribution in [3.63, 3.8) is 0 Å². The van der Waals surface area contributed by atoms with Crippen LogP contribution in [0.1, 0.15) is 13.8 Å². The number of hydrogen-bond donors (Lipinski definition) is 1. The van der Waals surface area contributed by atoms with Gasteiger partial charge in [-0.3, -0.25) is 9.59 Å². The van der Waals surface area contributed by atoms with Crippen molar-refractivity contribution in [2.45, 2.75) is 26.0 Å². The number of ether oxygens (including phenoxy) is 1. The van der Waals surface area contributed by atoms with E-state index in [2.05, 4.69) is 20.5 Å². The van der Waals surface area contributed by atoms with E-state index in [4.69, 9.17) is 16.3 Å². The highest BCUT2D eigenvalue weighted by Gasteiger charge is 2.29. The molecule has 1 amide bonds. The van der Waals surface area contributed by atoms with Gasteiger partial charge in [-0.1, -0.05) is 11.6 Å². The molecule has 0 aliphatic rings. The van der Waals surface area contributed by atoms with Gasteiger partial charge in [-0.2, -0.15) is 5.10 Å². The second-order valence-corrected chi connectivity index (χ2v) is 6.85. The second kappa shape index (κ2) is 8.22. The summed E-state index contributed by atoms with van der Waals surface area (Å²) in [6, 6.07) is 9.69. The number of hydrogen-bond acceptors (Lipinski definition) is 6. The van der Waals surface area contributed by atoms with Gasteiger partial charge in [-0.25, -0.2) is 14.3 Å². The van der Waals surface area contributed by atoms with E-state index in [-0.39, 0.29) is 24.6 Å². The summed E-state index contributed by atoms with van der Waals surface area (Å²) in [6.45, 7) is 3.73. The monoisotopic (exact) mass is 402 g/mol. The van der Waals surface area contributed by atoms with Gasteiger partial charge in [-0.05, 0) is 44.2 Å². The molecule has 0 saturated heterocycles. The Morgan fingerprint density at radius 3 is 2.64 bits per heavy atom. The van der Waals surface area contributed by atoms with Crippen LogP contribution in [0.3, 0.4) is 0 Å². The third-order valence-corrected chi connectivity index (χ3v) is 4.10. The highest BCUT2D eigenvalue weighted by Crippen LogP contribution is 2.20. The van der Waals surface area contributed by atoms with E-state index in [9.17, 15) is 9.59 Å². The Kier molecular flexibility index (Phi) is 5.74. The summed E-state index contributed by atoms with van der Waals surface area (Å²) in [5, 5.41) is 11.5. The van der Waals surface area contributed by atoms with Crippen molar-refractivity contribution in [3.8, 4) is 11.6 Å². The van der Waals surface area contributed by atoms with Crippen LogP contribution in [-0.4, -0.2) is 42.6 Å². The number of carbonyl (C=O) groups is 1. The molecule has 0 saturated carbocycles. The molecule has 3 rings (SSSR count). The van der Waals surface area contributed by atoms with Gasteiger partial charge in [0.05, 0.1) is 6.54 Å². The lowest BCUT2D eigenvalue weighted by Gasteiger charge is -2.25. The molecule has 0 atom stereocenters. The van der Waals surface area contributed by atoms with Crippen LogP contribution in [-0.2, 0) is 11.3 Å². The molecule has 3 aromatic rings. The topological polar surface area (TPSA) is 104 Å². The average Bonchev–Trinajstić information content (AvgIpc) is 3.19. The van der Waals surface area contributed by atoms with Crippen molar-refractivity contribution in [2.24, 2.45) is 0 Å². The minimum atomic E-state index is -1.10. The maximum atomic E-state index is 12.5. The first kappa shape index (κ1) is 19.6. The Balaban J connectivity index is 1.59. The maximum Gasteiger partial charge on any atom is 0.266 e. The van der Waals surface area contributed by atoms with Gasteiger partial charge in [0.2, 0.25) is 0 Å². The van der Waals surface area contributed by atoms with Crippen molar-refractivity contribution >= 4 is 17.5 Å². The lowest BCUT2D eigenvalue weighted by atomic mass is 10.1.